The number of fused-ring (bicyclic) bond motifs is 1. The van der Waals surface area contributed by atoms with E-state index in [4.69, 9.17) is 4.74 Å². The van der Waals surface area contributed by atoms with Gasteiger partial charge in [0.15, 0.2) is 0 Å². The molecule has 0 aliphatic rings. The van der Waals surface area contributed by atoms with Crippen LogP contribution in [0.4, 0.5) is 5.69 Å². The van der Waals surface area contributed by atoms with Crippen molar-refractivity contribution in [3.63, 3.8) is 0 Å². The summed E-state index contributed by atoms with van der Waals surface area (Å²) in [5.41, 5.74) is 4.95. The Balaban J connectivity index is 1.42. The number of nitrogens with one attached hydrogen (secondary N) is 1. The van der Waals surface area contributed by atoms with Crippen LogP contribution in [0.15, 0.2) is 85.1 Å². The number of amides is 1. The fraction of sp³-hybridized carbons (Fsp3) is 0.120. The third-order valence-corrected chi connectivity index (χ3v) is 4.88. The van der Waals surface area contributed by atoms with Crippen LogP contribution in [0.2, 0.25) is 0 Å². The van der Waals surface area contributed by atoms with Crippen molar-refractivity contribution in [2.24, 2.45) is 0 Å². The first kappa shape index (κ1) is 18.7. The van der Waals surface area contributed by atoms with E-state index in [0.29, 0.717) is 6.42 Å². The van der Waals surface area contributed by atoms with Crippen LogP contribution < -0.4 is 10.1 Å². The second-order valence-corrected chi connectivity index (χ2v) is 6.89. The molecule has 1 heterocycles. The first-order valence-corrected chi connectivity index (χ1v) is 9.59. The average molecular weight is 382 g/mol. The number of hydrogen-bond donors (Lipinski definition) is 1. The molecule has 0 aliphatic heterocycles. The van der Waals surface area contributed by atoms with Crippen LogP contribution in [0.1, 0.15) is 12.0 Å². The zero-order chi connectivity index (χ0) is 20.1. The molecular weight excluding hydrogens is 360 g/mol. The summed E-state index contributed by atoms with van der Waals surface area (Å²) < 4.78 is 5.25. The smallest absolute Gasteiger partial charge is 0.224 e. The number of methoxy groups -OCH3 is 1. The summed E-state index contributed by atoms with van der Waals surface area (Å²) in [7, 11) is 1.65. The zero-order valence-electron chi connectivity index (χ0n) is 16.3. The van der Waals surface area contributed by atoms with Crippen LogP contribution in [0.3, 0.4) is 0 Å². The number of ether oxygens (including phenoxy) is 1. The van der Waals surface area contributed by atoms with Crippen molar-refractivity contribution in [3.8, 4) is 16.9 Å². The summed E-state index contributed by atoms with van der Waals surface area (Å²) in [6.07, 6.45) is 3.05. The van der Waals surface area contributed by atoms with Crippen LogP contribution in [0.25, 0.3) is 22.0 Å². The van der Waals surface area contributed by atoms with Crippen molar-refractivity contribution in [3.05, 3.63) is 90.6 Å². The first-order valence-electron chi connectivity index (χ1n) is 9.59. The largest absolute Gasteiger partial charge is 0.497 e. The van der Waals surface area contributed by atoms with Gasteiger partial charge in [0.05, 0.1) is 12.6 Å². The third-order valence-electron chi connectivity index (χ3n) is 4.88. The molecule has 0 bridgehead atoms. The molecule has 0 aliphatic carbocycles. The van der Waals surface area contributed by atoms with E-state index in [-0.39, 0.29) is 5.91 Å². The van der Waals surface area contributed by atoms with Gasteiger partial charge in [-0.1, -0.05) is 42.5 Å². The molecular formula is C25H22N2O2. The first-order chi connectivity index (χ1) is 14.2. The standard InChI is InChI=1S/C25H22N2O2/c1-29-23-13-10-20-15-21(17-26-24(20)16-23)19-8-11-22(12-9-19)27-25(28)14-7-18-5-3-2-4-6-18/h2-6,8-13,15-17H,7,14H2,1H3,(H,27,28). The second-order valence-electron chi connectivity index (χ2n) is 6.89. The van der Waals surface area contributed by atoms with Gasteiger partial charge in [-0.05, 0) is 47.9 Å². The van der Waals surface area contributed by atoms with E-state index in [1.165, 1.54) is 5.56 Å². The molecule has 0 fully saturated rings. The molecule has 4 heteroatoms. The molecule has 0 radical (unpaired) electrons. The number of pyridine rings is 1. The lowest BCUT2D eigenvalue weighted by molar-refractivity contribution is -0.116. The van der Waals surface area contributed by atoms with E-state index in [9.17, 15) is 4.79 Å². The molecule has 0 atom stereocenters. The molecule has 1 amide bonds. The van der Waals surface area contributed by atoms with Gasteiger partial charge >= 0.3 is 0 Å². The van der Waals surface area contributed by atoms with Gasteiger partial charge in [-0.15, -0.1) is 0 Å². The number of rotatable bonds is 6. The van der Waals surface area contributed by atoms with E-state index in [0.717, 1.165) is 39.9 Å². The predicted molar refractivity (Wildman–Crippen MR) is 117 cm³/mol. The van der Waals surface area contributed by atoms with Gasteiger partial charge in [0.2, 0.25) is 5.91 Å². The van der Waals surface area contributed by atoms with Gasteiger partial charge in [0.1, 0.15) is 5.75 Å². The highest BCUT2D eigenvalue weighted by Crippen LogP contribution is 2.26. The molecule has 144 valence electrons. The summed E-state index contributed by atoms with van der Waals surface area (Å²) in [4.78, 5) is 16.7. The molecule has 29 heavy (non-hydrogen) atoms. The van der Waals surface area contributed by atoms with E-state index in [1.54, 1.807) is 7.11 Å². The van der Waals surface area contributed by atoms with Gasteiger partial charge in [-0.25, -0.2) is 0 Å². The molecule has 0 unspecified atom stereocenters. The summed E-state index contributed by atoms with van der Waals surface area (Å²) in [6.45, 7) is 0. The minimum absolute atomic E-state index is 0.0166. The highest BCUT2D eigenvalue weighted by molar-refractivity contribution is 5.91. The minimum atomic E-state index is 0.0166. The van der Waals surface area contributed by atoms with Crippen molar-refractivity contribution in [1.82, 2.24) is 4.98 Å². The van der Waals surface area contributed by atoms with Crippen molar-refractivity contribution < 1.29 is 9.53 Å². The highest BCUT2D eigenvalue weighted by Gasteiger charge is 2.05. The van der Waals surface area contributed by atoms with E-state index in [1.807, 2.05) is 79.0 Å². The van der Waals surface area contributed by atoms with Crippen LogP contribution >= 0.6 is 0 Å². The predicted octanol–water partition coefficient (Wildman–Crippen LogP) is 5.48. The topological polar surface area (TPSA) is 51.2 Å². The van der Waals surface area contributed by atoms with Gasteiger partial charge in [-0.3, -0.25) is 9.78 Å². The maximum absolute atomic E-state index is 12.2. The Morgan fingerprint density at radius 2 is 1.72 bits per heavy atom. The van der Waals surface area contributed by atoms with Crippen molar-refractivity contribution >= 4 is 22.5 Å². The lowest BCUT2D eigenvalue weighted by atomic mass is 10.0. The second kappa shape index (κ2) is 8.57. The molecule has 0 saturated carbocycles. The molecule has 4 nitrogen and oxygen atoms in total. The number of aryl methyl sites for hydroxylation is 1. The van der Waals surface area contributed by atoms with Crippen LogP contribution in [-0.2, 0) is 11.2 Å². The highest BCUT2D eigenvalue weighted by atomic mass is 16.5. The van der Waals surface area contributed by atoms with Crippen LogP contribution in [-0.4, -0.2) is 18.0 Å². The number of hydrogen-bond acceptors (Lipinski definition) is 3. The van der Waals surface area contributed by atoms with Crippen molar-refractivity contribution in [1.29, 1.82) is 0 Å². The van der Waals surface area contributed by atoms with E-state index >= 15 is 0 Å². The van der Waals surface area contributed by atoms with Crippen molar-refractivity contribution in [2.75, 3.05) is 12.4 Å². The monoisotopic (exact) mass is 382 g/mol. The Bertz CT molecular complexity index is 1120. The SMILES string of the molecule is COc1ccc2cc(-c3ccc(NC(=O)CCc4ccccc4)cc3)cnc2c1. The van der Waals surface area contributed by atoms with Crippen LogP contribution in [0, 0.1) is 0 Å². The molecule has 4 rings (SSSR count). The number of carbonyl (C=O) groups is 1. The number of aromatic nitrogens is 1. The quantitative estimate of drug-likeness (QED) is 0.480. The van der Waals surface area contributed by atoms with E-state index < -0.39 is 0 Å². The Kier molecular flexibility index (Phi) is 5.52. The lowest BCUT2D eigenvalue weighted by Crippen LogP contribution is -2.12. The normalized spacial score (nSPS) is 10.7. The fourth-order valence-corrected chi connectivity index (χ4v) is 3.26. The average Bonchev–Trinajstić information content (AvgIpc) is 2.78. The Labute approximate surface area is 170 Å². The molecule has 3 aromatic carbocycles. The van der Waals surface area contributed by atoms with Gasteiger partial charge in [0.25, 0.3) is 0 Å². The molecule has 1 N–H and O–H groups in total. The van der Waals surface area contributed by atoms with Gasteiger partial charge in [-0.2, -0.15) is 0 Å². The van der Waals surface area contributed by atoms with E-state index in [2.05, 4.69) is 16.4 Å². The van der Waals surface area contributed by atoms with Gasteiger partial charge < -0.3 is 10.1 Å². The summed E-state index contributed by atoms with van der Waals surface area (Å²) >= 11 is 0. The Morgan fingerprint density at radius 3 is 2.48 bits per heavy atom. The molecule has 4 aromatic rings. The third kappa shape index (κ3) is 4.61. The zero-order valence-corrected chi connectivity index (χ0v) is 16.3. The molecule has 0 saturated heterocycles. The number of benzene rings is 3. The molecule has 1 aromatic heterocycles. The maximum Gasteiger partial charge on any atom is 0.224 e. The number of anilines is 1. The summed E-state index contributed by atoms with van der Waals surface area (Å²) in [6, 6.07) is 25.9. The number of carbonyl (C=O) groups excluding carboxylic acids is 1. The summed E-state index contributed by atoms with van der Waals surface area (Å²) in [5, 5.41) is 4.02. The summed E-state index contributed by atoms with van der Waals surface area (Å²) in [5.74, 6) is 0.813. The number of nitrogens with zero attached hydrogens (tertiary/aromatic N) is 1. The molecule has 0 spiro atoms. The lowest BCUT2D eigenvalue weighted by Gasteiger charge is -2.08. The fourth-order valence-electron chi connectivity index (χ4n) is 3.26. The Morgan fingerprint density at radius 1 is 0.931 bits per heavy atom. The maximum atomic E-state index is 12.2. The van der Waals surface area contributed by atoms with Crippen molar-refractivity contribution in [2.45, 2.75) is 12.8 Å². The van der Waals surface area contributed by atoms with Crippen LogP contribution in [0.5, 0.6) is 5.75 Å². The Hall–Kier alpha value is -3.66. The minimum Gasteiger partial charge on any atom is -0.497 e. The van der Waals surface area contributed by atoms with Gasteiger partial charge in [0, 0.05) is 35.3 Å².